The van der Waals surface area contributed by atoms with Crippen LogP contribution in [0.4, 0.5) is 0 Å². The summed E-state index contributed by atoms with van der Waals surface area (Å²) in [6.07, 6.45) is 3.76. The highest BCUT2D eigenvalue weighted by Gasteiger charge is 2.46. The van der Waals surface area contributed by atoms with Gasteiger partial charge in [0, 0.05) is 23.9 Å². The first-order valence-corrected chi connectivity index (χ1v) is 23.9. The van der Waals surface area contributed by atoms with Crippen molar-refractivity contribution in [2.24, 2.45) is 0 Å². The van der Waals surface area contributed by atoms with Crippen LogP contribution in [0.2, 0.25) is 0 Å². The molecule has 0 radical (unpaired) electrons. The second-order valence-corrected chi connectivity index (χ2v) is 21.6. The lowest BCUT2D eigenvalue weighted by molar-refractivity contribution is 0.331. The largest absolute Gasteiger partial charge is 0.240 e. The maximum atomic E-state index is 13.1. The summed E-state index contributed by atoms with van der Waals surface area (Å²) in [4.78, 5) is 0.612. The molecule has 0 spiro atoms. The Labute approximate surface area is 358 Å². The number of sulfonamides is 2. The summed E-state index contributed by atoms with van der Waals surface area (Å²) in [5.74, 6) is 0. The van der Waals surface area contributed by atoms with Crippen molar-refractivity contribution < 1.29 is 16.8 Å². The molecule has 8 rings (SSSR count). The lowest BCUT2D eigenvalue weighted by Gasteiger charge is -2.46. The molecule has 312 valence electrons. The molecule has 6 aromatic carbocycles. The van der Waals surface area contributed by atoms with Crippen molar-refractivity contribution in [2.75, 3.05) is 13.1 Å². The Bertz CT molecular complexity index is 2460. The number of nitrogens with one attached hydrogen (secondary N) is 2. The van der Waals surface area contributed by atoms with E-state index in [1.165, 1.54) is 22.3 Å². The number of fused-ring (bicyclic) bond motifs is 2. The third-order valence-corrected chi connectivity index (χ3v) is 16.0. The number of hydrogen-bond acceptors (Lipinski definition) is 4. The number of aryl methyl sites for hydroxylation is 2. The molecule has 2 atom stereocenters. The molecule has 0 aromatic heterocycles. The molecule has 8 heteroatoms. The molecular formula is C52H58N2O4S2. The van der Waals surface area contributed by atoms with Crippen molar-refractivity contribution >= 4 is 20.0 Å². The topological polar surface area (TPSA) is 92.3 Å². The Morgan fingerprint density at radius 2 is 0.700 bits per heavy atom. The Hall–Kier alpha value is -4.86. The first-order chi connectivity index (χ1) is 28.5. The van der Waals surface area contributed by atoms with Gasteiger partial charge < -0.3 is 0 Å². The van der Waals surface area contributed by atoms with Crippen molar-refractivity contribution in [1.82, 2.24) is 9.44 Å². The quantitative estimate of drug-likeness (QED) is 0.144. The molecule has 0 saturated carbocycles. The van der Waals surface area contributed by atoms with E-state index in [0.29, 0.717) is 22.9 Å². The third-order valence-electron chi connectivity index (χ3n) is 13.1. The van der Waals surface area contributed by atoms with Gasteiger partial charge in [-0.1, -0.05) is 172 Å². The zero-order valence-corrected chi connectivity index (χ0v) is 37.3. The van der Waals surface area contributed by atoms with Gasteiger partial charge in [0.25, 0.3) is 0 Å². The zero-order valence-electron chi connectivity index (χ0n) is 35.7. The van der Waals surface area contributed by atoms with E-state index in [2.05, 4.69) is 110 Å². The third kappa shape index (κ3) is 8.66. The number of hydrogen-bond donors (Lipinski definition) is 2. The van der Waals surface area contributed by atoms with Crippen molar-refractivity contribution in [3.63, 3.8) is 0 Å². The molecule has 0 amide bonds. The van der Waals surface area contributed by atoms with E-state index in [1.807, 2.05) is 74.5 Å². The zero-order chi connectivity index (χ0) is 42.8. The second-order valence-electron chi connectivity index (χ2n) is 18.0. The van der Waals surface area contributed by atoms with E-state index in [4.69, 9.17) is 0 Å². The fraction of sp³-hybridized carbons (Fsp3) is 0.308. The molecule has 60 heavy (non-hydrogen) atoms. The molecule has 2 aliphatic rings. The lowest BCUT2D eigenvalue weighted by Crippen LogP contribution is -2.46. The molecule has 6 aromatic rings. The standard InChI is InChI=1S/2C26H29NO2S/c2*1-20-13-15-22(16-14-20)30(28,29)27-19-26(21-9-5-4-6-10-21)18-17-25(2,3)23-11-7-8-12-24(23)26/h2*4-16,27H,17-19H2,1-3H3/t2*26-/m10/s1. The summed E-state index contributed by atoms with van der Waals surface area (Å²) in [6.45, 7) is 13.7. The minimum Gasteiger partial charge on any atom is -0.210 e. The first-order valence-electron chi connectivity index (χ1n) is 20.9. The van der Waals surface area contributed by atoms with Gasteiger partial charge in [-0.05, 0) is 108 Å². The Kier molecular flexibility index (Phi) is 12.2. The maximum Gasteiger partial charge on any atom is 0.240 e. The molecule has 0 saturated heterocycles. The lowest BCUT2D eigenvalue weighted by atomic mass is 9.59. The average Bonchev–Trinajstić information content (AvgIpc) is 3.25. The summed E-state index contributed by atoms with van der Waals surface area (Å²) in [6, 6.07) is 51.7. The molecule has 0 unspecified atom stereocenters. The molecular weight excluding hydrogens is 781 g/mol. The van der Waals surface area contributed by atoms with Gasteiger partial charge in [-0.3, -0.25) is 0 Å². The van der Waals surface area contributed by atoms with E-state index >= 15 is 0 Å². The Morgan fingerprint density at radius 1 is 0.400 bits per heavy atom. The van der Waals surface area contributed by atoms with Gasteiger partial charge in [0.2, 0.25) is 20.0 Å². The number of rotatable bonds is 10. The van der Waals surface area contributed by atoms with Crippen LogP contribution in [0.3, 0.4) is 0 Å². The van der Waals surface area contributed by atoms with E-state index < -0.39 is 30.9 Å². The van der Waals surface area contributed by atoms with Crippen LogP contribution in [0.25, 0.3) is 0 Å². The predicted octanol–water partition coefficient (Wildman–Crippen LogP) is 10.7. The van der Waals surface area contributed by atoms with Crippen LogP contribution in [0, 0.1) is 13.8 Å². The highest BCUT2D eigenvalue weighted by molar-refractivity contribution is 7.89. The van der Waals surface area contributed by atoms with Gasteiger partial charge in [-0.15, -0.1) is 0 Å². The van der Waals surface area contributed by atoms with Crippen LogP contribution in [0.1, 0.15) is 97.9 Å². The second kappa shape index (κ2) is 16.9. The minimum absolute atomic E-state index is 0.0602. The summed E-state index contributed by atoms with van der Waals surface area (Å²) in [5.41, 5.74) is 8.75. The summed E-state index contributed by atoms with van der Waals surface area (Å²) in [5, 5.41) is 0. The van der Waals surface area contributed by atoms with E-state index in [1.54, 1.807) is 24.3 Å². The van der Waals surface area contributed by atoms with Gasteiger partial charge >= 0.3 is 0 Å². The Morgan fingerprint density at radius 3 is 1.03 bits per heavy atom. The minimum atomic E-state index is -3.60. The fourth-order valence-corrected chi connectivity index (χ4v) is 11.5. The predicted molar refractivity (Wildman–Crippen MR) is 245 cm³/mol. The van der Waals surface area contributed by atoms with Gasteiger partial charge in [0.1, 0.15) is 0 Å². The van der Waals surface area contributed by atoms with Crippen LogP contribution in [-0.2, 0) is 41.7 Å². The van der Waals surface area contributed by atoms with Crippen LogP contribution >= 0.6 is 0 Å². The van der Waals surface area contributed by atoms with Gasteiger partial charge in [-0.2, -0.15) is 0 Å². The van der Waals surface area contributed by atoms with E-state index in [9.17, 15) is 16.8 Å². The van der Waals surface area contributed by atoms with Crippen LogP contribution in [-0.4, -0.2) is 29.9 Å². The smallest absolute Gasteiger partial charge is 0.210 e. The van der Waals surface area contributed by atoms with Gasteiger partial charge in [-0.25, -0.2) is 26.3 Å². The molecule has 0 bridgehead atoms. The van der Waals surface area contributed by atoms with Crippen molar-refractivity contribution in [2.45, 2.75) is 98.7 Å². The molecule has 0 heterocycles. The van der Waals surface area contributed by atoms with Gasteiger partial charge in [0.05, 0.1) is 9.79 Å². The number of benzene rings is 6. The highest BCUT2D eigenvalue weighted by atomic mass is 32.2. The molecule has 2 aliphatic carbocycles. The first kappa shape index (κ1) is 43.2. The van der Waals surface area contributed by atoms with Crippen molar-refractivity contribution in [1.29, 1.82) is 0 Å². The molecule has 6 nitrogen and oxygen atoms in total. The normalized spacial score (nSPS) is 20.5. The summed E-state index contributed by atoms with van der Waals surface area (Å²) in [7, 11) is -7.21. The summed E-state index contributed by atoms with van der Waals surface area (Å²) >= 11 is 0. The SMILES string of the molecule is Cc1ccc(S(=O)(=O)NC[C@@]2(c3ccccc3)CCC(C)(C)c3ccccc32)cc1.Cc1ccc(S(=O)(=O)NC[C@]2(c3ccccc3)CCC(C)(C)c3ccccc32)cc1. The Balaban J connectivity index is 0.000000181. The van der Waals surface area contributed by atoms with E-state index in [0.717, 1.165) is 47.9 Å². The van der Waals surface area contributed by atoms with E-state index in [-0.39, 0.29) is 10.8 Å². The van der Waals surface area contributed by atoms with Crippen LogP contribution in [0.15, 0.2) is 168 Å². The molecule has 2 N–H and O–H groups in total. The highest BCUT2D eigenvalue weighted by Crippen LogP contribution is 2.50. The maximum absolute atomic E-state index is 13.1. The summed E-state index contributed by atoms with van der Waals surface area (Å²) < 4.78 is 58.2. The molecule has 0 fully saturated rings. The monoisotopic (exact) mass is 838 g/mol. The fourth-order valence-electron chi connectivity index (χ4n) is 9.29. The average molecular weight is 839 g/mol. The van der Waals surface area contributed by atoms with Crippen LogP contribution < -0.4 is 9.44 Å². The van der Waals surface area contributed by atoms with Crippen molar-refractivity contribution in [3.05, 3.63) is 202 Å². The van der Waals surface area contributed by atoms with Crippen molar-refractivity contribution in [3.8, 4) is 0 Å². The van der Waals surface area contributed by atoms with Gasteiger partial charge in [0.15, 0.2) is 0 Å². The van der Waals surface area contributed by atoms with Crippen LogP contribution in [0.5, 0.6) is 0 Å². The molecule has 0 aliphatic heterocycles.